The molecule has 0 aromatic heterocycles. The van der Waals surface area contributed by atoms with Crippen LogP contribution in [0.25, 0.3) is 0 Å². The molecule has 0 amide bonds. The Kier molecular flexibility index (Phi) is 18.2. The van der Waals surface area contributed by atoms with E-state index in [-0.39, 0.29) is 19.2 Å². The zero-order chi connectivity index (χ0) is 17.9. The maximum absolute atomic E-state index is 11.6. The van der Waals surface area contributed by atoms with E-state index in [4.69, 9.17) is 14.9 Å². The number of hydrogen-bond donors (Lipinski definition) is 2. The van der Waals surface area contributed by atoms with Gasteiger partial charge < -0.3 is 14.9 Å². The van der Waals surface area contributed by atoms with Gasteiger partial charge in [-0.25, -0.2) is 0 Å². The van der Waals surface area contributed by atoms with Gasteiger partial charge in [-0.05, 0) is 6.42 Å². The lowest BCUT2D eigenvalue weighted by Gasteiger charge is -2.19. The molecule has 0 unspecified atom stereocenters. The summed E-state index contributed by atoms with van der Waals surface area (Å²) in [5.41, 5.74) is 0. The fraction of sp³-hybridized carbons (Fsp3) is 0.947. The van der Waals surface area contributed by atoms with Crippen LogP contribution in [0.15, 0.2) is 0 Å². The lowest BCUT2D eigenvalue weighted by atomic mass is 10.1. The van der Waals surface area contributed by atoms with Crippen molar-refractivity contribution in [2.75, 3.05) is 39.5 Å². The average molecular weight is 346 g/mol. The molecule has 0 spiro atoms. The molecule has 144 valence electrons. The van der Waals surface area contributed by atoms with E-state index >= 15 is 0 Å². The molecule has 0 aliphatic rings. The molecule has 0 saturated heterocycles. The summed E-state index contributed by atoms with van der Waals surface area (Å²) < 4.78 is 5.23. The molecular weight excluding hydrogens is 306 g/mol. The van der Waals surface area contributed by atoms with Crippen molar-refractivity contribution in [3.8, 4) is 0 Å². The van der Waals surface area contributed by atoms with Crippen molar-refractivity contribution in [2.24, 2.45) is 0 Å². The van der Waals surface area contributed by atoms with E-state index in [0.717, 1.165) is 12.8 Å². The third kappa shape index (κ3) is 16.2. The van der Waals surface area contributed by atoms with Gasteiger partial charge in [0.1, 0.15) is 0 Å². The quantitative estimate of drug-likeness (QED) is 0.295. The maximum atomic E-state index is 11.6. The highest BCUT2D eigenvalue weighted by Crippen LogP contribution is 2.10. The zero-order valence-electron chi connectivity index (χ0n) is 15.7. The Hall–Kier alpha value is -0.650. The van der Waals surface area contributed by atoms with Crippen LogP contribution in [0.4, 0.5) is 0 Å². The minimum atomic E-state index is -0.188. The molecule has 0 radical (unpaired) electrons. The van der Waals surface area contributed by atoms with Gasteiger partial charge in [0.2, 0.25) is 0 Å². The highest BCUT2D eigenvalue weighted by atomic mass is 16.5. The number of carbonyl (C=O) groups is 1. The van der Waals surface area contributed by atoms with Crippen LogP contribution < -0.4 is 0 Å². The third-order valence-electron chi connectivity index (χ3n) is 4.23. The van der Waals surface area contributed by atoms with Gasteiger partial charge in [0.25, 0.3) is 0 Å². The molecule has 24 heavy (non-hydrogen) atoms. The first-order chi connectivity index (χ1) is 11.7. The summed E-state index contributed by atoms with van der Waals surface area (Å²) in [5.74, 6) is -0.188. The van der Waals surface area contributed by atoms with Gasteiger partial charge in [0.15, 0.2) is 0 Å². The van der Waals surface area contributed by atoms with Crippen molar-refractivity contribution in [2.45, 2.75) is 77.6 Å². The first-order valence-electron chi connectivity index (χ1n) is 9.84. The SMILES string of the molecule is CCCCCCCCCCCCOC(=O)CCN(CCO)CCO. The topological polar surface area (TPSA) is 70.0 Å². The molecule has 0 bridgehead atoms. The summed E-state index contributed by atoms with van der Waals surface area (Å²) in [4.78, 5) is 13.5. The fourth-order valence-electron chi connectivity index (χ4n) is 2.72. The fourth-order valence-corrected chi connectivity index (χ4v) is 2.72. The monoisotopic (exact) mass is 345 g/mol. The number of hydrogen-bond acceptors (Lipinski definition) is 5. The number of aliphatic hydroxyl groups is 2. The van der Waals surface area contributed by atoms with E-state index in [2.05, 4.69) is 6.92 Å². The van der Waals surface area contributed by atoms with Crippen LogP contribution in [0.1, 0.15) is 77.6 Å². The van der Waals surface area contributed by atoms with Crippen LogP contribution in [-0.2, 0) is 9.53 Å². The van der Waals surface area contributed by atoms with E-state index in [9.17, 15) is 4.79 Å². The minimum Gasteiger partial charge on any atom is -0.466 e. The summed E-state index contributed by atoms with van der Waals surface area (Å²) in [6, 6.07) is 0. The maximum Gasteiger partial charge on any atom is 0.307 e. The van der Waals surface area contributed by atoms with Gasteiger partial charge in [0, 0.05) is 19.6 Å². The third-order valence-corrected chi connectivity index (χ3v) is 4.23. The lowest BCUT2D eigenvalue weighted by molar-refractivity contribution is -0.144. The van der Waals surface area contributed by atoms with Crippen molar-refractivity contribution in [3.05, 3.63) is 0 Å². The van der Waals surface area contributed by atoms with Crippen LogP contribution in [0.3, 0.4) is 0 Å². The smallest absolute Gasteiger partial charge is 0.307 e. The Morgan fingerprint density at radius 2 is 1.29 bits per heavy atom. The predicted molar refractivity (Wildman–Crippen MR) is 98.0 cm³/mol. The van der Waals surface area contributed by atoms with Crippen molar-refractivity contribution in [1.29, 1.82) is 0 Å². The zero-order valence-corrected chi connectivity index (χ0v) is 15.7. The molecule has 5 heteroatoms. The number of carbonyl (C=O) groups excluding carboxylic acids is 1. The normalized spacial score (nSPS) is 11.2. The molecular formula is C19H39NO4. The molecule has 0 aromatic carbocycles. The van der Waals surface area contributed by atoms with E-state index in [1.54, 1.807) is 0 Å². The summed E-state index contributed by atoms with van der Waals surface area (Å²) in [7, 11) is 0. The second-order valence-corrected chi connectivity index (χ2v) is 6.44. The number of rotatable bonds is 18. The summed E-state index contributed by atoms with van der Waals surface area (Å²) in [6.45, 7) is 4.31. The summed E-state index contributed by atoms with van der Waals surface area (Å²) in [6.07, 6.45) is 13.0. The Balaban J connectivity index is 3.36. The van der Waals surface area contributed by atoms with Crippen LogP contribution in [0.2, 0.25) is 0 Å². The van der Waals surface area contributed by atoms with Crippen molar-refractivity contribution in [3.63, 3.8) is 0 Å². The lowest BCUT2D eigenvalue weighted by Crippen LogP contribution is -2.32. The minimum absolute atomic E-state index is 0.0354. The molecule has 0 saturated carbocycles. The number of nitrogens with zero attached hydrogens (tertiary/aromatic N) is 1. The van der Waals surface area contributed by atoms with Crippen molar-refractivity contribution >= 4 is 5.97 Å². The Labute approximate surface area is 148 Å². The van der Waals surface area contributed by atoms with E-state index in [1.807, 2.05) is 4.90 Å². The molecule has 0 rings (SSSR count). The van der Waals surface area contributed by atoms with Crippen LogP contribution in [0, 0.1) is 0 Å². The van der Waals surface area contributed by atoms with E-state index in [1.165, 1.54) is 51.4 Å². The largest absolute Gasteiger partial charge is 0.466 e. The second-order valence-electron chi connectivity index (χ2n) is 6.44. The molecule has 0 aliphatic carbocycles. The van der Waals surface area contributed by atoms with Gasteiger partial charge >= 0.3 is 5.97 Å². The predicted octanol–water partition coefficient (Wildman–Crippen LogP) is 3.13. The van der Waals surface area contributed by atoms with Crippen LogP contribution >= 0.6 is 0 Å². The van der Waals surface area contributed by atoms with Gasteiger partial charge in [-0.15, -0.1) is 0 Å². The van der Waals surface area contributed by atoms with Crippen molar-refractivity contribution < 1.29 is 19.7 Å². The Morgan fingerprint density at radius 1 is 0.792 bits per heavy atom. The summed E-state index contributed by atoms with van der Waals surface area (Å²) in [5, 5.41) is 17.8. The first kappa shape index (κ1) is 23.4. The van der Waals surface area contributed by atoms with Crippen molar-refractivity contribution in [1.82, 2.24) is 4.90 Å². The molecule has 0 aliphatic heterocycles. The molecule has 0 fully saturated rings. The van der Waals surface area contributed by atoms with Gasteiger partial charge in [0.05, 0.1) is 26.2 Å². The van der Waals surface area contributed by atoms with Gasteiger partial charge in [-0.3, -0.25) is 9.69 Å². The van der Waals surface area contributed by atoms with Crippen LogP contribution in [0.5, 0.6) is 0 Å². The van der Waals surface area contributed by atoms with E-state index in [0.29, 0.717) is 32.7 Å². The number of esters is 1. The molecule has 0 heterocycles. The first-order valence-corrected chi connectivity index (χ1v) is 9.84. The molecule has 0 atom stereocenters. The summed E-state index contributed by atoms with van der Waals surface area (Å²) >= 11 is 0. The van der Waals surface area contributed by atoms with Crippen LogP contribution in [-0.4, -0.2) is 60.5 Å². The number of ether oxygens (including phenoxy) is 1. The standard InChI is InChI=1S/C19H39NO4/c1-2-3-4-5-6-7-8-9-10-11-18-24-19(23)12-13-20(14-16-21)15-17-22/h21-22H,2-18H2,1H3. The van der Waals surface area contributed by atoms with E-state index < -0.39 is 0 Å². The highest BCUT2D eigenvalue weighted by molar-refractivity contribution is 5.69. The Bertz CT molecular complexity index is 268. The van der Waals surface area contributed by atoms with Gasteiger partial charge in [-0.1, -0.05) is 64.7 Å². The molecule has 2 N–H and O–H groups in total. The Morgan fingerprint density at radius 3 is 1.79 bits per heavy atom. The average Bonchev–Trinajstić information content (AvgIpc) is 2.58. The second kappa shape index (κ2) is 18.7. The highest BCUT2D eigenvalue weighted by Gasteiger charge is 2.08. The number of aliphatic hydroxyl groups excluding tert-OH is 2. The number of unbranched alkanes of at least 4 members (excludes halogenated alkanes) is 9. The van der Waals surface area contributed by atoms with Gasteiger partial charge in [-0.2, -0.15) is 0 Å². The molecule has 0 aromatic rings. The molecule has 5 nitrogen and oxygen atoms in total.